The molecule has 3 aromatic carbocycles. The van der Waals surface area contributed by atoms with Gasteiger partial charge in [-0.25, -0.2) is 0 Å². The van der Waals surface area contributed by atoms with Crippen LogP contribution in [0.2, 0.25) is 0 Å². The number of methoxy groups -OCH3 is 1. The quantitative estimate of drug-likeness (QED) is 0.265. The average molecular weight is 383 g/mol. The minimum absolute atomic E-state index is 0.111. The summed E-state index contributed by atoms with van der Waals surface area (Å²) in [7, 11) is 1.67. The van der Waals surface area contributed by atoms with Gasteiger partial charge in [0.05, 0.1) is 13.7 Å². The van der Waals surface area contributed by atoms with Gasteiger partial charge in [0.1, 0.15) is 5.75 Å². The standard InChI is InChI=1S/C27H26O2/c1-3-22(19-20-29-21-24-13-17-27(28-2)18-14-24)9-10-23-11-15-26(16-12-23)25-7-5-4-6-8-25/h3-8,11-18,22H,1,19-21H2,2H3/t22-/m1/s1. The average Bonchev–Trinajstić information content (AvgIpc) is 2.80. The molecule has 1 atom stereocenters. The third-order valence-corrected chi connectivity index (χ3v) is 4.68. The fourth-order valence-corrected chi connectivity index (χ4v) is 2.92. The lowest BCUT2D eigenvalue weighted by Gasteiger charge is -2.07. The first kappa shape index (κ1) is 20.5. The molecule has 0 aliphatic heterocycles. The molecule has 2 heteroatoms. The van der Waals surface area contributed by atoms with E-state index in [1.54, 1.807) is 7.11 Å². The Morgan fingerprint density at radius 3 is 2.24 bits per heavy atom. The molecule has 0 aromatic heterocycles. The van der Waals surface area contributed by atoms with Crippen molar-refractivity contribution >= 4 is 0 Å². The predicted molar refractivity (Wildman–Crippen MR) is 120 cm³/mol. The van der Waals surface area contributed by atoms with E-state index >= 15 is 0 Å². The van der Waals surface area contributed by atoms with E-state index in [1.807, 2.05) is 36.4 Å². The first-order valence-corrected chi connectivity index (χ1v) is 9.79. The van der Waals surface area contributed by atoms with Crippen LogP contribution in [0.1, 0.15) is 17.5 Å². The van der Waals surface area contributed by atoms with Crippen LogP contribution >= 0.6 is 0 Å². The maximum Gasteiger partial charge on any atom is 0.118 e. The van der Waals surface area contributed by atoms with E-state index in [4.69, 9.17) is 9.47 Å². The number of hydrogen-bond acceptors (Lipinski definition) is 2. The molecule has 29 heavy (non-hydrogen) atoms. The fourth-order valence-electron chi connectivity index (χ4n) is 2.92. The third-order valence-electron chi connectivity index (χ3n) is 4.68. The van der Waals surface area contributed by atoms with Gasteiger partial charge in [-0.05, 0) is 47.4 Å². The van der Waals surface area contributed by atoms with Gasteiger partial charge in [0, 0.05) is 18.1 Å². The Morgan fingerprint density at radius 1 is 0.897 bits per heavy atom. The zero-order valence-corrected chi connectivity index (χ0v) is 16.8. The second-order valence-electron chi connectivity index (χ2n) is 6.74. The number of ether oxygens (including phenoxy) is 2. The summed E-state index contributed by atoms with van der Waals surface area (Å²) in [4.78, 5) is 0. The highest BCUT2D eigenvalue weighted by atomic mass is 16.5. The van der Waals surface area contributed by atoms with Crippen molar-refractivity contribution in [2.75, 3.05) is 13.7 Å². The van der Waals surface area contributed by atoms with Gasteiger partial charge in [0.2, 0.25) is 0 Å². The van der Waals surface area contributed by atoms with Gasteiger partial charge < -0.3 is 9.47 Å². The molecule has 3 rings (SSSR count). The highest BCUT2D eigenvalue weighted by Gasteiger charge is 2.01. The van der Waals surface area contributed by atoms with Gasteiger partial charge in [-0.15, -0.1) is 6.58 Å². The van der Waals surface area contributed by atoms with E-state index in [-0.39, 0.29) is 5.92 Å². The number of hydrogen-bond donors (Lipinski definition) is 0. The monoisotopic (exact) mass is 382 g/mol. The molecule has 0 bridgehead atoms. The van der Waals surface area contributed by atoms with Crippen LogP contribution in [0.4, 0.5) is 0 Å². The Kier molecular flexibility index (Phi) is 7.69. The maximum atomic E-state index is 5.79. The second kappa shape index (κ2) is 10.9. The molecule has 0 fully saturated rings. The van der Waals surface area contributed by atoms with Crippen LogP contribution in [0.3, 0.4) is 0 Å². The lowest BCUT2D eigenvalue weighted by molar-refractivity contribution is 0.115. The first-order chi connectivity index (χ1) is 14.3. The molecular weight excluding hydrogens is 356 g/mol. The topological polar surface area (TPSA) is 18.5 Å². The van der Waals surface area contributed by atoms with Crippen molar-refractivity contribution in [2.45, 2.75) is 13.0 Å². The van der Waals surface area contributed by atoms with Crippen molar-refractivity contribution in [3.63, 3.8) is 0 Å². The van der Waals surface area contributed by atoms with Crippen LogP contribution in [0.15, 0.2) is 91.5 Å². The number of rotatable bonds is 8. The molecule has 0 N–H and O–H groups in total. The molecule has 0 saturated carbocycles. The van der Waals surface area contributed by atoms with Gasteiger partial charge in [-0.1, -0.05) is 72.5 Å². The SMILES string of the molecule is C=C[C@H](C#Cc1ccc(-c2ccccc2)cc1)CCOCc1ccc(OC)cc1. The largest absolute Gasteiger partial charge is 0.497 e. The molecule has 2 nitrogen and oxygen atoms in total. The summed E-state index contributed by atoms with van der Waals surface area (Å²) in [6.45, 7) is 5.14. The Labute approximate surface area is 173 Å². The summed E-state index contributed by atoms with van der Waals surface area (Å²) >= 11 is 0. The van der Waals surface area contributed by atoms with Crippen LogP contribution in [0.25, 0.3) is 11.1 Å². The summed E-state index contributed by atoms with van der Waals surface area (Å²) in [5.41, 5.74) is 4.55. The Balaban J connectivity index is 1.48. The minimum Gasteiger partial charge on any atom is -0.497 e. The van der Waals surface area contributed by atoms with E-state index < -0.39 is 0 Å². The van der Waals surface area contributed by atoms with E-state index in [0.717, 1.165) is 23.3 Å². The van der Waals surface area contributed by atoms with E-state index in [0.29, 0.717) is 13.2 Å². The van der Waals surface area contributed by atoms with Gasteiger partial charge in [0.15, 0.2) is 0 Å². The van der Waals surface area contributed by atoms with E-state index in [9.17, 15) is 0 Å². The van der Waals surface area contributed by atoms with Crippen LogP contribution in [-0.4, -0.2) is 13.7 Å². The molecule has 0 heterocycles. The van der Waals surface area contributed by atoms with Crippen molar-refractivity contribution in [1.29, 1.82) is 0 Å². The summed E-state index contributed by atoms with van der Waals surface area (Å²) in [6.07, 6.45) is 2.72. The molecular formula is C27H26O2. The fraction of sp³-hybridized carbons (Fsp3) is 0.185. The van der Waals surface area contributed by atoms with Crippen LogP contribution in [0.5, 0.6) is 5.75 Å². The molecule has 0 radical (unpaired) electrons. The molecule has 146 valence electrons. The number of allylic oxidation sites excluding steroid dienone is 1. The molecule has 3 aromatic rings. The molecule has 0 aliphatic rings. The highest BCUT2D eigenvalue weighted by Crippen LogP contribution is 2.19. The summed E-state index contributed by atoms with van der Waals surface area (Å²) in [6, 6.07) is 26.6. The molecule has 0 aliphatic carbocycles. The highest BCUT2D eigenvalue weighted by molar-refractivity contribution is 5.64. The van der Waals surface area contributed by atoms with Crippen LogP contribution < -0.4 is 4.74 Å². The van der Waals surface area contributed by atoms with E-state index in [2.05, 4.69) is 67.0 Å². The Morgan fingerprint density at radius 2 is 1.59 bits per heavy atom. The Bertz CT molecular complexity index is 945. The summed E-state index contributed by atoms with van der Waals surface area (Å²) in [5.74, 6) is 7.51. The predicted octanol–water partition coefficient (Wildman–Crippen LogP) is 6.12. The van der Waals surface area contributed by atoms with Crippen molar-refractivity contribution in [2.24, 2.45) is 5.92 Å². The van der Waals surface area contributed by atoms with Gasteiger partial charge in [-0.3, -0.25) is 0 Å². The summed E-state index contributed by atoms with van der Waals surface area (Å²) < 4.78 is 11.0. The number of benzene rings is 3. The lowest BCUT2D eigenvalue weighted by atomic mass is 10.0. The van der Waals surface area contributed by atoms with Crippen molar-refractivity contribution in [1.82, 2.24) is 0 Å². The first-order valence-electron chi connectivity index (χ1n) is 9.79. The van der Waals surface area contributed by atoms with Crippen molar-refractivity contribution < 1.29 is 9.47 Å². The lowest BCUT2D eigenvalue weighted by Crippen LogP contribution is -2.01. The van der Waals surface area contributed by atoms with Gasteiger partial charge >= 0.3 is 0 Å². The zero-order valence-electron chi connectivity index (χ0n) is 16.8. The molecule has 0 amide bonds. The smallest absolute Gasteiger partial charge is 0.118 e. The normalized spacial score (nSPS) is 11.2. The zero-order chi connectivity index (χ0) is 20.3. The molecule has 0 spiro atoms. The van der Waals surface area contributed by atoms with E-state index in [1.165, 1.54) is 11.1 Å². The Hall–Kier alpha value is -3.28. The third kappa shape index (κ3) is 6.38. The maximum absolute atomic E-state index is 5.79. The van der Waals surface area contributed by atoms with Gasteiger partial charge in [0.25, 0.3) is 0 Å². The summed E-state index contributed by atoms with van der Waals surface area (Å²) in [5, 5.41) is 0. The van der Waals surface area contributed by atoms with Crippen LogP contribution in [0, 0.1) is 17.8 Å². The minimum atomic E-state index is 0.111. The van der Waals surface area contributed by atoms with Crippen molar-refractivity contribution in [3.8, 4) is 28.7 Å². The molecule has 0 saturated heterocycles. The second-order valence-corrected chi connectivity index (χ2v) is 6.74. The van der Waals surface area contributed by atoms with Crippen LogP contribution in [-0.2, 0) is 11.3 Å². The van der Waals surface area contributed by atoms with Crippen molar-refractivity contribution in [3.05, 3.63) is 103 Å². The van der Waals surface area contributed by atoms with Gasteiger partial charge in [-0.2, -0.15) is 0 Å². The molecule has 0 unspecified atom stereocenters.